The smallest absolute Gasteiger partial charge is 0.288 e. The molecule has 5 rings (SSSR count). The van der Waals surface area contributed by atoms with Crippen LogP contribution in [-0.4, -0.2) is 14.9 Å². The third-order valence-corrected chi connectivity index (χ3v) is 9.84. The number of fused-ring (bicyclic) bond motifs is 1. The highest BCUT2D eigenvalue weighted by atomic mass is 28.4. The summed E-state index contributed by atoms with van der Waals surface area (Å²) < 4.78 is 13.2. The Bertz CT molecular complexity index is 1000. The molecule has 0 aromatic heterocycles. The van der Waals surface area contributed by atoms with Gasteiger partial charge >= 0.3 is 0 Å². The zero-order valence-electron chi connectivity index (χ0n) is 16.8. The molecule has 2 nitrogen and oxygen atoms in total. The average molecular weight is 409 g/mol. The van der Waals surface area contributed by atoms with Crippen LogP contribution in [0.5, 0.6) is 5.75 Å². The van der Waals surface area contributed by atoms with E-state index in [9.17, 15) is 0 Å². The molecule has 1 heterocycles. The molecular weight excluding hydrogens is 384 g/mol. The van der Waals surface area contributed by atoms with E-state index in [-0.39, 0.29) is 6.10 Å². The zero-order valence-corrected chi connectivity index (χ0v) is 17.8. The fraction of sp³-hybridized carbons (Fsp3) is 0.111. The van der Waals surface area contributed by atoms with E-state index in [2.05, 4.69) is 103 Å². The van der Waals surface area contributed by atoms with Gasteiger partial charge in [0.05, 0.1) is 12.7 Å². The van der Waals surface area contributed by atoms with Crippen molar-refractivity contribution in [2.45, 2.75) is 12.5 Å². The van der Waals surface area contributed by atoms with Crippen molar-refractivity contribution in [1.82, 2.24) is 0 Å². The fourth-order valence-corrected chi connectivity index (χ4v) is 8.43. The van der Waals surface area contributed by atoms with E-state index in [1.807, 2.05) is 12.1 Å². The van der Waals surface area contributed by atoms with E-state index in [0.29, 0.717) is 6.61 Å². The Hall–Kier alpha value is -3.14. The van der Waals surface area contributed by atoms with Crippen LogP contribution in [0.3, 0.4) is 0 Å². The molecule has 3 heteroatoms. The minimum absolute atomic E-state index is 0.0118. The number of hydrogen-bond acceptors (Lipinski definition) is 2. The minimum Gasteiger partial charge on any atom is -0.493 e. The Labute approximate surface area is 178 Å². The molecule has 1 aliphatic rings. The van der Waals surface area contributed by atoms with Gasteiger partial charge in [-0.25, -0.2) is 0 Å². The maximum absolute atomic E-state index is 7.32. The molecule has 1 aliphatic heterocycles. The SMILES string of the molecule is c1ccc([Si](O[C@H]2CCOc3ccccc32)(c2ccccc2)c2ccccc2)cc1. The van der Waals surface area contributed by atoms with Gasteiger partial charge in [0.2, 0.25) is 0 Å². The van der Waals surface area contributed by atoms with Crippen molar-refractivity contribution >= 4 is 23.9 Å². The number of ether oxygens (including phenoxy) is 1. The van der Waals surface area contributed by atoms with Crippen molar-refractivity contribution in [1.29, 1.82) is 0 Å². The molecule has 0 unspecified atom stereocenters. The lowest BCUT2D eigenvalue weighted by Gasteiger charge is -2.38. The minimum atomic E-state index is -2.74. The second-order valence-corrected chi connectivity index (χ2v) is 10.9. The van der Waals surface area contributed by atoms with Crippen LogP contribution in [0.2, 0.25) is 0 Å². The molecule has 4 aromatic rings. The molecule has 0 radical (unpaired) electrons. The largest absolute Gasteiger partial charge is 0.493 e. The Morgan fingerprint density at radius 2 is 1.07 bits per heavy atom. The van der Waals surface area contributed by atoms with Crippen LogP contribution in [0.25, 0.3) is 0 Å². The second kappa shape index (κ2) is 8.31. The first-order chi connectivity index (χ1) is 14.9. The highest BCUT2D eigenvalue weighted by Crippen LogP contribution is 2.36. The molecule has 0 aliphatic carbocycles. The fourth-order valence-electron chi connectivity index (χ4n) is 4.37. The summed E-state index contributed by atoms with van der Waals surface area (Å²) in [5, 5.41) is 3.77. The average Bonchev–Trinajstić information content (AvgIpc) is 2.84. The first kappa shape index (κ1) is 18.9. The predicted octanol–water partition coefficient (Wildman–Crippen LogP) is 4.19. The van der Waals surface area contributed by atoms with Crippen LogP contribution in [0.1, 0.15) is 18.1 Å². The lowest BCUT2D eigenvalue weighted by Crippen LogP contribution is -2.69. The molecular formula is C27H24O2Si. The third-order valence-electron chi connectivity index (χ3n) is 5.76. The molecule has 30 heavy (non-hydrogen) atoms. The molecule has 4 aromatic carbocycles. The third kappa shape index (κ3) is 3.36. The molecule has 148 valence electrons. The summed E-state index contributed by atoms with van der Waals surface area (Å²) in [6.45, 7) is 0.671. The van der Waals surface area contributed by atoms with E-state index >= 15 is 0 Å². The molecule has 0 N–H and O–H groups in total. The van der Waals surface area contributed by atoms with Crippen LogP contribution in [0.4, 0.5) is 0 Å². The summed E-state index contributed by atoms with van der Waals surface area (Å²) in [5.41, 5.74) is 1.14. The van der Waals surface area contributed by atoms with E-state index in [1.165, 1.54) is 15.6 Å². The predicted molar refractivity (Wildman–Crippen MR) is 124 cm³/mol. The van der Waals surface area contributed by atoms with Crippen molar-refractivity contribution in [2.75, 3.05) is 6.61 Å². The van der Waals surface area contributed by atoms with Crippen molar-refractivity contribution < 1.29 is 9.16 Å². The van der Waals surface area contributed by atoms with Gasteiger partial charge < -0.3 is 9.16 Å². The normalized spacial score (nSPS) is 15.8. The Balaban J connectivity index is 1.73. The molecule has 0 spiro atoms. The van der Waals surface area contributed by atoms with E-state index in [0.717, 1.165) is 17.7 Å². The van der Waals surface area contributed by atoms with Gasteiger partial charge in [0.25, 0.3) is 8.32 Å². The standard InChI is InChI=1S/C27H24O2Si/c1-4-12-22(13-5-1)30(23-14-6-2-7-15-23,24-16-8-3-9-17-24)29-27-20-21-28-26-19-11-10-18-25(26)27/h1-19,27H,20-21H2/t27-/m0/s1. The second-order valence-electron chi connectivity index (χ2n) is 7.56. The molecule has 0 bridgehead atoms. The van der Waals surface area contributed by atoms with Gasteiger partial charge in [-0.3, -0.25) is 0 Å². The van der Waals surface area contributed by atoms with Gasteiger partial charge in [-0.05, 0) is 21.6 Å². The summed E-state index contributed by atoms with van der Waals surface area (Å²) in [6, 6.07) is 40.5. The topological polar surface area (TPSA) is 18.5 Å². The summed E-state index contributed by atoms with van der Waals surface area (Å²) in [5.74, 6) is 0.936. The quantitative estimate of drug-likeness (QED) is 0.364. The van der Waals surface area contributed by atoms with Crippen molar-refractivity contribution in [2.24, 2.45) is 0 Å². The van der Waals surface area contributed by atoms with Gasteiger partial charge in [0, 0.05) is 12.0 Å². The van der Waals surface area contributed by atoms with Crippen LogP contribution in [0, 0.1) is 0 Å². The molecule has 1 atom stereocenters. The maximum Gasteiger partial charge on any atom is 0.288 e. The van der Waals surface area contributed by atoms with Gasteiger partial charge in [-0.1, -0.05) is 109 Å². The van der Waals surface area contributed by atoms with Gasteiger partial charge in [0.15, 0.2) is 0 Å². The highest BCUT2D eigenvalue weighted by Gasteiger charge is 2.44. The zero-order chi connectivity index (χ0) is 20.2. The summed E-state index contributed by atoms with van der Waals surface area (Å²) in [7, 11) is -2.74. The molecule has 0 amide bonds. The molecule has 0 saturated carbocycles. The van der Waals surface area contributed by atoms with E-state index in [1.54, 1.807) is 0 Å². The van der Waals surface area contributed by atoms with Crippen LogP contribution >= 0.6 is 0 Å². The summed E-state index contributed by atoms with van der Waals surface area (Å²) in [4.78, 5) is 0. The Morgan fingerprint density at radius 3 is 1.60 bits per heavy atom. The lowest BCUT2D eigenvalue weighted by atomic mass is 10.0. The monoisotopic (exact) mass is 408 g/mol. The summed E-state index contributed by atoms with van der Waals surface area (Å²) in [6.07, 6.45) is 0.834. The Kier molecular flexibility index (Phi) is 5.22. The van der Waals surface area contributed by atoms with Crippen LogP contribution < -0.4 is 20.3 Å². The van der Waals surface area contributed by atoms with Gasteiger partial charge in [-0.15, -0.1) is 0 Å². The number of benzene rings is 4. The van der Waals surface area contributed by atoms with Gasteiger partial charge in [0.1, 0.15) is 5.75 Å². The first-order valence-corrected chi connectivity index (χ1v) is 12.3. The Morgan fingerprint density at radius 1 is 0.600 bits per heavy atom. The van der Waals surface area contributed by atoms with Gasteiger partial charge in [-0.2, -0.15) is 0 Å². The van der Waals surface area contributed by atoms with Crippen LogP contribution in [0.15, 0.2) is 115 Å². The first-order valence-electron chi connectivity index (χ1n) is 10.4. The summed E-state index contributed by atoms with van der Waals surface area (Å²) >= 11 is 0. The van der Waals surface area contributed by atoms with Crippen LogP contribution in [-0.2, 0) is 4.43 Å². The number of rotatable bonds is 5. The highest BCUT2D eigenvalue weighted by molar-refractivity contribution is 7.07. The lowest BCUT2D eigenvalue weighted by molar-refractivity contribution is 0.135. The van der Waals surface area contributed by atoms with E-state index in [4.69, 9.17) is 9.16 Å². The number of para-hydroxylation sites is 1. The molecule has 0 saturated heterocycles. The van der Waals surface area contributed by atoms with Crippen molar-refractivity contribution in [3.8, 4) is 5.75 Å². The van der Waals surface area contributed by atoms with Crippen molar-refractivity contribution in [3.05, 3.63) is 121 Å². The maximum atomic E-state index is 7.32. The molecule has 0 fully saturated rings. The number of hydrogen-bond donors (Lipinski definition) is 0. The van der Waals surface area contributed by atoms with E-state index < -0.39 is 8.32 Å². The van der Waals surface area contributed by atoms with Crippen molar-refractivity contribution in [3.63, 3.8) is 0 Å².